The molecule has 0 amide bonds. The number of benzene rings is 2. The van der Waals surface area contributed by atoms with E-state index in [2.05, 4.69) is 16.7 Å². The average molecular weight is 429 g/mol. The van der Waals surface area contributed by atoms with Crippen molar-refractivity contribution in [3.63, 3.8) is 0 Å². The number of nitro groups is 1. The van der Waals surface area contributed by atoms with Crippen LogP contribution in [0.25, 0.3) is 0 Å². The number of aliphatic hydroxyl groups is 1. The molecule has 0 aliphatic carbocycles. The summed E-state index contributed by atoms with van der Waals surface area (Å²) in [4.78, 5) is 16.0. The van der Waals surface area contributed by atoms with Crippen LogP contribution in [-0.2, 0) is 18.7 Å². The second-order valence-electron chi connectivity index (χ2n) is 7.13. The molecule has 0 bridgehead atoms. The minimum atomic E-state index is -1.77. The molecule has 8 nitrogen and oxygen atoms in total. The van der Waals surface area contributed by atoms with Gasteiger partial charge in [0.1, 0.15) is 29.9 Å². The van der Waals surface area contributed by atoms with Crippen LogP contribution in [0.15, 0.2) is 67.8 Å². The van der Waals surface area contributed by atoms with Gasteiger partial charge in [-0.05, 0) is 11.6 Å². The third-order valence-electron chi connectivity index (χ3n) is 4.75. The zero-order valence-electron chi connectivity index (χ0n) is 16.6. The molecule has 0 spiro atoms. The lowest BCUT2D eigenvalue weighted by molar-refractivity contribution is -0.384. The molecule has 10 heteroatoms. The van der Waals surface area contributed by atoms with Gasteiger partial charge in [0, 0.05) is 43.4 Å². The average Bonchev–Trinajstić information content (AvgIpc) is 3.21. The molecule has 1 heterocycles. The van der Waals surface area contributed by atoms with E-state index in [-0.39, 0.29) is 24.3 Å². The Morgan fingerprint density at radius 3 is 2.58 bits per heavy atom. The maximum absolute atomic E-state index is 14.6. The first kappa shape index (κ1) is 22.2. The quantitative estimate of drug-likeness (QED) is 0.302. The van der Waals surface area contributed by atoms with Gasteiger partial charge in [-0.2, -0.15) is 5.10 Å². The fourth-order valence-electron chi connectivity index (χ4n) is 3.39. The number of nitrogens with zero attached hydrogens (tertiary/aromatic N) is 5. The number of hydrogen-bond donors (Lipinski definition) is 1. The number of nitro benzene ring substituents is 1. The first-order valence-corrected chi connectivity index (χ1v) is 9.37. The number of non-ortho nitro benzene ring substituents is 1. The van der Waals surface area contributed by atoms with Crippen LogP contribution in [0.2, 0.25) is 0 Å². The van der Waals surface area contributed by atoms with Crippen LogP contribution in [0.1, 0.15) is 11.1 Å². The molecule has 0 saturated heterocycles. The lowest BCUT2D eigenvalue weighted by atomic mass is 9.92. The van der Waals surface area contributed by atoms with Gasteiger partial charge in [-0.3, -0.25) is 15.0 Å². The van der Waals surface area contributed by atoms with Crippen molar-refractivity contribution in [1.82, 2.24) is 19.7 Å². The molecule has 0 aliphatic rings. The number of hydrogen-bond acceptors (Lipinski definition) is 6. The lowest BCUT2D eigenvalue weighted by Gasteiger charge is -2.34. The highest BCUT2D eigenvalue weighted by Crippen LogP contribution is 2.28. The summed E-state index contributed by atoms with van der Waals surface area (Å²) in [6.45, 7) is 4.22. The van der Waals surface area contributed by atoms with Gasteiger partial charge in [-0.25, -0.2) is 18.4 Å². The molecule has 3 rings (SSSR count). The van der Waals surface area contributed by atoms with Crippen molar-refractivity contribution < 1.29 is 18.8 Å². The molecule has 31 heavy (non-hydrogen) atoms. The van der Waals surface area contributed by atoms with Crippen LogP contribution in [-0.4, -0.2) is 42.8 Å². The van der Waals surface area contributed by atoms with E-state index < -0.39 is 22.2 Å². The van der Waals surface area contributed by atoms with E-state index in [0.717, 1.165) is 17.7 Å². The standard InChI is InChI=1S/C21H21F2N5O3/c1-2-9-26(11-16-3-6-18(7-4-16)28(30)31)12-21(29,13-27-15-24-14-25-27)19-8-5-17(22)10-20(19)23/h2-8,10,14-15,29H,1,9,11-13H2/t21-/m0/s1. The Morgan fingerprint density at radius 2 is 2.00 bits per heavy atom. The van der Waals surface area contributed by atoms with Crippen LogP contribution >= 0.6 is 0 Å². The van der Waals surface area contributed by atoms with Crippen molar-refractivity contribution in [2.75, 3.05) is 13.1 Å². The Morgan fingerprint density at radius 1 is 1.26 bits per heavy atom. The fraction of sp³-hybridized carbons (Fsp3) is 0.238. The number of aromatic nitrogens is 3. The molecular formula is C21H21F2N5O3. The smallest absolute Gasteiger partial charge is 0.269 e. The van der Waals surface area contributed by atoms with Crippen LogP contribution in [0.5, 0.6) is 0 Å². The zero-order chi connectivity index (χ0) is 22.4. The van der Waals surface area contributed by atoms with Crippen LogP contribution in [0, 0.1) is 21.7 Å². The fourth-order valence-corrected chi connectivity index (χ4v) is 3.39. The molecule has 3 aromatic rings. The van der Waals surface area contributed by atoms with Crippen LogP contribution < -0.4 is 0 Å². The van der Waals surface area contributed by atoms with E-state index in [4.69, 9.17) is 0 Å². The molecular weight excluding hydrogens is 408 g/mol. The third kappa shape index (κ3) is 5.56. The predicted molar refractivity (Wildman–Crippen MR) is 109 cm³/mol. The highest BCUT2D eigenvalue weighted by Gasteiger charge is 2.35. The molecule has 1 N–H and O–H groups in total. The van der Waals surface area contributed by atoms with Crippen molar-refractivity contribution >= 4 is 5.69 Å². The monoisotopic (exact) mass is 429 g/mol. The van der Waals surface area contributed by atoms with Crippen LogP contribution in [0.4, 0.5) is 14.5 Å². The summed E-state index contributed by atoms with van der Waals surface area (Å²) >= 11 is 0. The summed E-state index contributed by atoms with van der Waals surface area (Å²) in [5.74, 6) is -1.63. The maximum Gasteiger partial charge on any atom is 0.269 e. The zero-order valence-corrected chi connectivity index (χ0v) is 16.6. The summed E-state index contributed by atoms with van der Waals surface area (Å²) in [6, 6.07) is 9.02. The first-order chi connectivity index (χ1) is 14.8. The Hall–Kier alpha value is -3.50. The SMILES string of the molecule is C=CCN(Cc1ccc([N+](=O)[O-])cc1)C[C@](O)(Cn1cncn1)c1ccc(F)cc1F. The molecule has 1 aromatic heterocycles. The van der Waals surface area contributed by atoms with E-state index in [1.165, 1.54) is 35.5 Å². The van der Waals surface area contributed by atoms with E-state index in [1.807, 2.05) is 0 Å². The van der Waals surface area contributed by atoms with Crippen molar-refractivity contribution in [1.29, 1.82) is 0 Å². The second kappa shape index (κ2) is 9.54. The topological polar surface area (TPSA) is 97.3 Å². The summed E-state index contributed by atoms with van der Waals surface area (Å²) in [5, 5.41) is 26.3. The number of rotatable bonds is 10. The van der Waals surface area contributed by atoms with E-state index in [0.29, 0.717) is 13.1 Å². The van der Waals surface area contributed by atoms with E-state index >= 15 is 0 Å². The largest absolute Gasteiger partial charge is 0.382 e. The molecule has 2 aromatic carbocycles. The summed E-state index contributed by atoms with van der Waals surface area (Å²) in [5.41, 5.74) is -1.12. The molecule has 0 aliphatic heterocycles. The minimum absolute atomic E-state index is 0.0323. The maximum atomic E-state index is 14.6. The van der Waals surface area contributed by atoms with Gasteiger partial charge in [0.05, 0.1) is 11.5 Å². The summed E-state index contributed by atoms with van der Waals surface area (Å²) < 4.78 is 29.4. The highest BCUT2D eigenvalue weighted by atomic mass is 19.1. The first-order valence-electron chi connectivity index (χ1n) is 9.37. The van der Waals surface area contributed by atoms with E-state index in [1.54, 1.807) is 23.1 Å². The normalized spacial score (nSPS) is 13.2. The van der Waals surface area contributed by atoms with Gasteiger partial charge in [0.25, 0.3) is 5.69 Å². The van der Waals surface area contributed by atoms with Crippen molar-refractivity contribution in [3.8, 4) is 0 Å². The molecule has 0 radical (unpaired) electrons. The third-order valence-corrected chi connectivity index (χ3v) is 4.75. The molecule has 0 fully saturated rings. The van der Waals surface area contributed by atoms with Gasteiger partial charge in [0.2, 0.25) is 0 Å². The Balaban J connectivity index is 1.90. The van der Waals surface area contributed by atoms with Gasteiger partial charge >= 0.3 is 0 Å². The number of halogens is 2. The lowest BCUT2D eigenvalue weighted by Crippen LogP contribution is -2.44. The highest BCUT2D eigenvalue weighted by molar-refractivity contribution is 5.33. The summed E-state index contributed by atoms with van der Waals surface area (Å²) in [6.07, 6.45) is 4.31. The van der Waals surface area contributed by atoms with Gasteiger partial charge in [0.15, 0.2) is 0 Å². The Bertz CT molecular complexity index is 1040. The molecule has 1 atom stereocenters. The van der Waals surface area contributed by atoms with Crippen LogP contribution in [0.3, 0.4) is 0 Å². The minimum Gasteiger partial charge on any atom is -0.382 e. The summed E-state index contributed by atoms with van der Waals surface area (Å²) in [7, 11) is 0. The van der Waals surface area contributed by atoms with Crippen molar-refractivity contribution in [2.45, 2.75) is 18.7 Å². The molecule has 162 valence electrons. The predicted octanol–water partition coefficient (Wildman–Crippen LogP) is 3.04. The molecule has 0 saturated carbocycles. The van der Waals surface area contributed by atoms with E-state index in [9.17, 15) is 24.0 Å². The van der Waals surface area contributed by atoms with Gasteiger partial charge < -0.3 is 5.11 Å². The van der Waals surface area contributed by atoms with Gasteiger partial charge in [-0.1, -0.05) is 24.3 Å². The Labute approximate surface area is 177 Å². The van der Waals surface area contributed by atoms with Crippen molar-refractivity contribution in [2.24, 2.45) is 0 Å². The Kier molecular flexibility index (Phi) is 6.83. The molecule has 0 unspecified atom stereocenters. The van der Waals surface area contributed by atoms with Crippen molar-refractivity contribution in [3.05, 3.63) is 101 Å². The second-order valence-corrected chi connectivity index (χ2v) is 7.13. The van der Waals surface area contributed by atoms with Gasteiger partial charge in [-0.15, -0.1) is 6.58 Å².